The van der Waals surface area contributed by atoms with Crippen LogP contribution in [0.25, 0.3) is 10.9 Å². The van der Waals surface area contributed by atoms with E-state index in [1.165, 1.54) is 10.9 Å². The molecule has 1 saturated carbocycles. The van der Waals surface area contributed by atoms with Crippen molar-refractivity contribution < 1.29 is 9.53 Å². The molecule has 1 aliphatic rings. The lowest BCUT2D eigenvalue weighted by Crippen LogP contribution is -2.35. The Morgan fingerprint density at radius 2 is 1.92 bits per heavy atom. The van der Waals surface area contributed by atoms with Crippen molar-refractivity contribution in [1.82, 2.24) is 10.3 Å². The Morgan fingerprint density at radius 3 is 2.64 bits per heavy atom. The van der Waals surface area contributed by atoms with Gasteiger partial charge in [0.1, 0.15) is 5.75 Å². The molecule has 0 spiro atoms. The molecule has 4 rings (SSSR count). The van der Waals surface area contributed by atoms with E-state index < -0.39 is 0 Å². The smallest absolute Gasteiger partial charge is 0.230 e. The van der Waals surface area contributed by atoms with Gasteiger partial charge in [-0.15, -0.1) is 0 Å². The van der Waals surface area contributed by atoms with E-state index in [1.54, 1.807) is 7.11 Å². The minimum absolute atomic E-state index is 0.137. The van der Waals surface area contributed by atoms with Crippen LogP contribution in [-0.4, -0.2) is 24.5 Å². The number of amides is 1. The Bertz CT molecular complexity index is 892. The molecule has 2 N–H and O–H groups in total. The Morgan fingerprint density at radius 1 is 1.16 bits per heavy atom. The number of aromatic amines is 1. The third-order valence-electron chi connectivity index (χ3n) is 5.18. The van der Waals surface area contributed by atoms with Gasteiger partial charge >= 0.3 is 0 Å². The van der Waals surface area contributed by atoms with Gasteiger partial charge in [-0.3, -0.25) is 4.79 Å². The molecular weight excluding hydrogens is 312 g/mol. The van der Waals surface area contributed by atoms with Crippen molar-refractivity contribution in [1.29, 1.82) is 0 Å². The first-order chi connectivity index (χ1) is 12.2. The first kappa shape index (κ1) is 15.8. The zero-order chi connectivity index (χ0) is 17.3. The monoisotopic (exact) mass is 334 g/mol. The number of benzene rings is 2. The van der Waals surface area contributed by atoms with Crippen molar-refractivity contribution in [3.8, 4) is 5.75 Å². The molecule has 2 aromatic carbocycles. The molecule has 1 amide bonds. The van der Waals surface area contributed by atoms with Gasteiger partial charge < -0.3 is 15.0 Å². The maximum atomic E-state index is 12.7. The second-order valence-corrected chi connectivity index (χ2v) is 6.68. The van der Waals surface area contributed by atoms with Crippen LogP contribution in [0.15, 0.2) is 54.7 Å². The number of ether oxygens (including phenoxy) is 1. The van der Waals surface area contributed by atoms with Gasteiger partial charge in [-0.2, -0.15) is 0 Å². The molecule has 1 aliphatic carbocycles. The van der Waals surface area contributed by atoms with Crippen LogP contribution in [0.5, 0.6) is 5.75 Å². The van der Waals surface area contributed by atoms with E-state index in [9.17, 15) is 4.79 Å². The normalized spacial score (nSPS) is 15.1. The van der Waals surface area contributed by atoms with E-state index in [-0.39, 0.29) is 11.3 Å². The van der Waals surface area contributed by atoms with Crippen molar-refractivity contribution in [3.05, 3.63) is 65.9 Å². The summed E-state index contributed by atoms with van der Waals surface area (Å²) in [6.45, 7) is 0.651. The van der Waals surface area contributed by atoms with E-state index in [0.29, 0.717) is 6.54 Å². The van der Waals surface area contributed by atoms with E-state index in [4.69, 9.17) is 4.74 Å². The fourth-order valence-electron chi connectivity index (χ4n) is 3.50. The molecule has 0 aliphatic heterocycles. The fourth-order valence-corrected chi connectivity index (χ4v) is 3.50. The van der Waals surface area contributed by atoms with E-state index in [2.05, 4.69) is 22.4 Å². The number of fused-ring (bicyclic) bond motifs is 1. The first-order valence-electron chi connectivity index (χ1n) is 8.71. The average molecular weight is 334 g/mol. The fraction of sp³-hybridized carbons (Fsp3) is 0.286. The van der Waals surface area contributed by atoms with Crippen molar-refractivity contribution in [2.24, 2.45) is 0 Å². The molecule has 1 aromatic heterocycles. The summed E-state index contributed by atoms with van der Waals surface area (Å²) in [6, 6.07) is 16.1. The van der Waals surface area contributed by atoms with Crippen LogP contribution in [0.3, 0.4) is 0 Å². The highest BCUT2D eigenvalue weighted by atomic mass is 16.5. The van der Waals surface area contributed by atoms with E-state index >= 15 is 0 Å². The topological polar surface area (TPSA) is 54.1 Å². The molecule has 0 bridgehead atoms. The van der Waals surface area contributed by atoms with Crippen LogP contribution in [-0.2, 0) is 16.6 Å². The molecule has 0 atom stereocenters. The standard InChI is InChI=1S/C21H22N2O2/c1-25-17-8-6-16(7-9-17)21(11-12-21)20(24)22-13-10-15-14-23-19-5-3-2-4-18(15)19/h2-9,14,23H,10-13H2,1H3,(H,22,24). The number of hydrogen-bond acceptors (Lipinski definition) is 2. The molecule has 1 fully saturated rings. The number of carbonyl (C=O) groups is 1. The van der Waals surface area contributed by atoms with Crippen molar-refractivity contribution >= 4 is 16.8 Å². The quantitative estimate of drug-likeness (QED) is 0.724. The van der Waals surface area contributed by atoms with E-state index in [0.717, 1.165) is 36.1 Å². The summed E-state index contributed by atoms with van der Waals surface area (Å²) >= 11 is 0. The number of aromatic nitrogens is 1. The van der Waals surface area contributed by atoms with Gasteiger partial charge in [0.2, 0.25) is 5.91 Å². The Hall–Kier alpha value is -2.75. The molecule has 0 radical (unpaired) electrons. The molecule has 128 valence electrons. The largest absolute Gasteiger partial charge is 0.497 e. The summed E-state index contributed by atoms with van der Waals surface area (Å²) in [7, 11) is 1.65. The zero-order valence-electron chi connectivity index (χ0n) is 14.3. The number of carbonyl (C=O) groups excluding carboxylic acids is 1. The van der Waals surface area contributed by atoms with Gasteiger partial charge in [-0.05, 0) is 48.6 Å². The van der Waals surface area contributed by atoms with Gasteiger partial charge in [0.25, 0.3) is 0 Å². The number of rotatable bonds is 6. The van der Waals surface area contributed by atoms with Gasteiger partial charge in [-0.25, -0.2) is 0 Å². The van der Waals surface area contributed by atoms with Gasteiger partial charge in [0.05, 0.1) is 12.5 Å². The molecule has 3 aromatic rings. The van der Waals surface area contributed by atoms with Gasteiger partial charge in [-0.1, -0.05) is 30.3 Å². The summed E-state index contributed by atoms with van der Waals surface area (Å²) in [6.07, 6.45) is 4.69. The Kier molecular flexibility index (Phi) is 3.96. The predicted octanol–water partition coefficient (Wildman–Crippen LogP) is 3.57. The maximum absolute atomic E-state index is 12.7. The summed E-state index contributed by atoms with van der Waals surface area (Å²) in [5.74, 6) is 0.955. The highest BCUT2D eigenvalue weighted by Gasteiger charge is 2.50. The number of nitrogens with one attached hydrogen (secondary N) is 2. The van der Waals surface area contributed by atoms with E-state index in [1.807, 2.05) is 42.6 Å². The summed E-state index contributed by atoms with van der Waals surface area (Å²) in [5.41, 5.74) is 3.12. The third kappa shape index (κ3) is 2.88. The molecule has 25 heavy (non-hydrogen) atoms. The van der Waals surface area contributed by atoms with Gasteiger partial charge in [0.15, 0.2) is 0 Å². The number of para-hydroxylation sites is 1. The molecule has 1 heterocycles. The summed E-state index contributed by atoms with van der Waals surface area (Å²) in [5, 5.41) is 4.36. The lowest BCUT2D eigenvalue weighted by molar-refractivity contribution is -0.123. The Labute approximate surface area is 147 Å². The van der Waals surface area contributed by atoms with Gasteiger partial charge in [0, 0.05) is 23.6 Å². The molecular formula is C21H22N2O2. The van der Waals surface area contributed by atoms with Crippen LogP contribution in [0.1, 0.15) is 24.0 Å². The highest BCUT2D eigenvalue weighted by molar-refractivity contribution is 5.91. The number of H-pyrrole nitrogens is 1. The van der Waals surface area contributed by atoms with Crippen LogP contribution in [0.4, 0.5) is 0 Å². The summed E-state index contributed by atoms with van der Waals surface area (Å²) in [4.78, 5) is 16.0. The molecule has 0 saturated heterocycles. The minimum Gasteiger partial charge on any atom is -0.497 e. The average Bonchev–Trinajstić information content (AvgIpc) is 3.38. The highest BCUT2D eigenvalue weighted by Crippen LogP contribution is 2.48. The molecule has 0 unspecified atom stereocenters. The number of hydrogen-bond donors (Lipinski definition) is 2. The lowest BCUT2D eigenvalue weighted by Gasteiger charge is -2.16. The summed E-state index contributed by atoms with van der Waals surface area (Å²) < 4.78 is 5.20. The lowest BCUT2D eigenvalue weighted by atomic mass is 9.95. The number of methoxy groups -OCH3 is 1. The second kappa shape index (κ2) is 6.28. The Balaban J connectivity index is 1.40. The predicted molar refractivity (Wildman–Crippen MR) is 98.9 cm³/mol. The molecule has 4 nitrogen and oxygen atoms in total. The second-order valence-electron chi connectivity index (χ2n) is 6.68. The minimum atomic E-state index is -0.341. The zero-order valence-corrected chi connectivity index (χ0v) is 14.3. The van der Waals surface area contributed by atoms with Crippen LogP contribution in [0, 0.1) is 0 Å². The van der Waals surface area contributed by atoms with Crippen molar-refractivity contribution in [2.45, 2.75) is 24.7 Å². The SMILES string of the molecule is COc1ccc(C2(C(=O)NCCc3c[nH]c4ccccc34)CC2)cc1. The third-order valence-corrected chi connectivity index (χ3v) is 5.18. The van der Waals surface area contributed by atoms with Crippen LogP contribution < -0.4 is 10.1 Å². The van der Waals surface area contributed by atoms with Crippen LogP contribution >= 0.6 is 0 Å². The van der Waals surface area contributed by atoms with Crippen LogP contribution in [0.2, 0.25) is 0 Å². The van der Waals surface area contributed by atoms with Crippen molar-refractivity contribution in [3.63, 3.8) is 0 Å². The maximum Gasteiger partial charge on any atom is 0.230 e. The van der Waals surface area contributed by atoms with Crippen molar-refractivity contribution in [2.75, 3.05) is 13.7 Å². The molecule has 4 heteroatoms. The first-order valence-corrected chi connectivity index (χ1v) is 8.71.